The second-order valence-electron chi connectivity index (χ2n) is 5.92. The van der Waals surface area contributed by atoms with E-state index in [2.05, 4.69) is 45.6 Å². The molecule has 0 amide bonds. The van der Waals surface area contributed by atoms with Crippen LogP contribution in [0.25, 0.3) is 0 Å². The zero-order valence-electron chi connectivity index (χ0n) is 13.1. The van der Waals surface area contributed by atoms with E-state index in [0.717, 1.165) is 32.7 Å². The summed E-state index contributed by atoms with van der Waals surface area (Å²) in [6, 6.07) is 2.79. The summed E-state index contributed by atoms with van der Waals surface area (Å²) in [4.78, 5) is 5.13. The standard InChI is InChI=1S/C16H24N4S/c1-13-16(10-17-18(13)3)11-19-5-7-20(8-6-19)14(2)15-4-9-21-12-15/h4,9-10,12,14H,5-8,11H2,1-3H3/t14-/m1/s1. The summed E-state index contributed by atoms with van der Waals surface area (Å²) < 4.78 is 1.96. The lowest BCUT2D eigenvalue weighted by molar-refractivity contribution is 0.0979. The molecule has 21 heavy (non-hydrogen) atoms. The molecule has 114 valence electrons. The molecule has 1 atom stereocenters. The third kappa shape index (κ3) is 3.20. The van der Waals surface area contributed by atoms with E-state index in [0.29, 0.717) is 6.04 Å². The molecule has 2 aromatic rings. The average molecular weight is 304 g/mol. The van der Waals surface area contributed by atoms with Crippen molar-refractivity contribution in [3.63, 3.8) is 0 Å². The van der Waals surface area contributed by atoms with Gasteiger partial charge in [0.2, 0.25) is 0 Å². The Hall–Kier alpha value is -1.17. The van der Waals surface area contributed by atoms with Gasteiger partial charge in [-0.1, -0.05) is 0 Å². The first-order valence-corrected chi connectivity index (χ1v) is 8.55. The van der Waals surface area contributed by atoms with Crippen LogP contribution >= 0.6 is 11.3 Å². The molecule has 0 saturated carbocycles. The van der Waals surface area contributed by atoms with Crippen LogP contribution in [0, 0.1) is 6.92 Å². The van der Waals surface area contributed by atoms with E-state index in [1.54, 1.807) is 11.3 Å². The summed E-state index contributed by atoms with van der Waals surface area (Å²) in [5.74, 6) is 0. The number of nitrogens with zero attached hydrogens (tertiary/aromatic N) is 4. The highest BCUT2D eigenvalue weighted by molar-refractivity contribution is 7.07. The van der Waals surface area contributed by atoms with E-state index in [4.69, 9.17) is 0 Å². The van der Waals surface area contributed by atoms with E-state index in [1.807, 2.05) is 17.9 Å². The van der Waals surface area contributed by atoms with Crippen LogP contribution in [0.1, 0.15) is 29.8 Å². The normalized spacial score (nSPS) is 19.0. The maximum Gasteiger partial charge on any atom is 0.0537 e. The Morgan fingerprint density at radius 1 is 1.29 bits per heavy atom. The highest BCUT2D eigenvalue weighted by atomic mass is 32.1. The van der Waals surface area contributed by atoms with Crippen molar-refractivity contribution in [1.82, 2.24) is 19.6 Å². The largest absolute Gasteiger partial charge is 0.296 e. The van der Waals surface area contributed by atoms with Gasteiger partial charge in [0.05, 0.1) is 6.20 Å². The lowest BCUT2D eigenvalue weighted by Crippen LogP contribution is -2.46. The molecule has 0 aliphatic carbocycles. The Labute approximate surface area is 131 Å². The fourth-order valence-corrected chi connectivity index (χ4v) is 3.72. The number of piperazine rings is 1. The first-order valence-electron chi connectivity index (χ1n) is 7.61. The Bertz CT molecular complexity index is 567. The van der Waals surface area contributed by atoms with Gasteiger partial charge in [0, 0.05) is 57.1 Å². The number of thiophene rings is 1. The van der Waals surface area contributed by atoms with Crippen molar-refractivity contribution in [1.29, 1.82) is 0 Å². The lowest BCUT2D eigenvalue weighted by Gasteiger charge is -2.37. The van der Waals surface area contributed by atoms with Gasteiger partial charge in [0.1, 0.15) is 0 Å². The molecular weight excluding hydrogens is 280 g/mol. The average Bonchev–Trinajstić information content (AvgIpc) is 3.13. The maximum atomic E-state index is 4.34. The van der Waals surface area contributed by atoms with Crippen LogP contribution < -0.4 is 0 Å². The van der Waals surface area contributed by atoms with E-state index >= 15 is 0 Å². The number of hydrogen-bond donors (Lipinski definition) is 0. The molecule has 1 aliphatic rings. The quantitative estimate of drug-likeness (QED) is 0.868. The zero-order chi connectivity index (χ0) is 14.8. The van der Waals surface area contributed by atoms with E-state index < -0.39 is 0 Å². The monoisotopic (exact) mass is 304 g/mol. The predicted molar refractivity (Wildman–Crippen MR) is 87.5 cm³/mol. The number of rotatable bonds is 4. The highest BCUT2D eigenvalue weighted by Crippen LogP contribution is 2.24. The van der Waals surface area contributed by atoms with Gasteiger partial charge in [-0.25, -0.2) is 0 Å². The fraction of sp³-hybridized carbons (Fsp3) is 0.562. The zero-order valence-corrected chi connectivity index (χ0v) is 13.9. The summed E-state index contributed by atoms with van der Waals surface area (Å²) in [6.07, 6.45) is 2.01. The molecule has 0 unspecified atom stereocenters. The second-order valence-corrected chi connectivity index (χ2v) is 6.70. The van der Waals surface area contributed by atoms with Crippen LogP contribution in [0.5, 0.6) is 0 Å². The van der Waals surface area contributed by atoms with Gasteiger partial charge in [-0.2, -0.15) is 16.4 Å². The minimum atomic E-state index is 0.540. The van der Waals surface area contributed by atoms with Gasteiger partial charge in [0.15, 0.2) is 0 Å². The van der Waals surface area contributed by atoms with E-state index in [1.165, 1.54) is 16.8 Å². The van der Waals surface area contributed by atoms with Crippen LogP contribution in [0.3, 0.4) is 0 Å². The molecule has 1 aliphatic heterocycles. The van der Waals surface area contributed by atoms with Crippen molar-refractivity contribution in [3.05, 3.63) is 39.8 Å². The molecule has 0 radical (unpaired) electrons. The summed E-state index contributed by atoms with van der Waals surface area (Å²) >= 11 is 1.79. The van der Waals surface area contributed by atoms with Crippen LogP contribution in [-0.4, -0.2) is 45.8 Å². The molecule has 0 aromatic carbocycles. The van der Waals surface area contributed by atoms with Crippen LogP contribution in [0.4, 0.5) is 0 Å². The van der Waals surface area contributed by atoms with Crippen molar-refractivity contribution in [2.24, 2.45) is 7.05 Å². The molecule has 3 heterocycles. The molecule has 2 aromatic heterocycles. The second kappa shape index (κ2) is 6.30. The molecule has 1 fully saturated rings. The lowest BCUT2D eigenvalue weighted by atomic mass is 10.1. The first kappa shape index (κ1) is 14.8. The van der Waals surface area contributed by atoms with Crippen molar-refractivity contribution >= 4 is 11.3 Å². The predicted octanol–water partition coefficient (Wildman–Crippen LogP) is 2.67. The van der Waals surface area contributed by atoms with Crippen molar-refractivity contribution < 1.29 is 0 Å². The van der Waals surface area contributed by atoms with Crippen molar-refractivity contribution in [3.8, 4) is 0 Å². The Morgan fingerprint density at radius 2 is 2.05 bits per heavy atom. The van der Waals surface area contributed by atoms with Gasteiger partial charge < -0.3 is 0 Å². The van der Waals surface area contributed by atoms with Gasteiger partial charge in [-0.15, -0.1) is 0 Å². The summed E-state index contributed by atoms with van der Waals surface area (Å²) in [6.45, 7) is 10.1. The van der Waals surface area contributed by atoms with Crippen molar-refractivity contribution in [2.75, 3.05) is 26.2 Å². The third-order valence-corrected chi connectivity index (χ3v) is 5.41. The Kier molecular flexibility index (Phi) is 4.42. The molecule has 0 spiro atoms. The molecular formula is C16H24N4S. The summed E-state index contributed by atoms with van der Waals surface area (Å²) in [5.41, 5.74) is 4.09. The number of hydrogen-bond acceptors (Lipinski definition) is 4. The van der Waals surface area contributed by atoms with Crippen LogP contribution in [0.15, 0.2) is 23.0 Å². The van der Waals surface area contributed by atoms with Crippen molar-refractivity contribution in [2.45, 2.75) is 26.4 Å². The fourth-order valence-electron chi connectivity index (χ4n) is 2.97. The van der Waals surface area contributed by atoms with Gasteiger partial charge in [-0.05, 0) is 36.2 Å². The smallest absolute Gasteiger partial charge is 0.0537 e. The van der Waals surface area contributed by atoms with E-state index in [-0.39, 0.29) is 0 Å². The Balaban J connectivity index is 1.54. The molecule has 5 heteroatoms. The minimum absolute atomic E-state index is 0.540. The number of aromatic nitrogens is 2. The summed E-state index contributed by atoms with van der Waals surface area (Å²) in [5, 5.41) is 8.79. The topological polar surface area (TPSA) is 24.3 Å². The first-order chi connectivity index (χ1) is 10.1. The third-order valence-electron chi connectivity index (χ3n) is 4.71. The molecule has 0 N–H and O–H groups in total. The van der Waals surface area contributed by atoms with Gasteiger partial charge in [-0.3, -0.25) is 14.5 Å². The van der Waals surface area contributed by atoms with Crippen LogP contribution in [-0.2, 0) is 13.6 Å². The van der Waals surface area contributed by atoms with E-state index in [9.17, 15) is 0 Å². The van der Waals surface area contributed by atoms with Gasteiger partial charge in [0.25, 0.3) is 0 Å². The SMILES string of the molecule is Cc1c(CN2CCN([C@H](C)c3ccsc3)CC2)cnn1C. The highest BCUT2D eigenvalue weighted by Gasteiger charge is 2.22. The summed E-state index contributed by atoms with van der Waals surface area (Å²) in [7, 11) is 2.01. The molecule has 4 nitrogen and oxygen atoms in total. The molecule has 3 rings (SSSR count). The number of aryl methyl sites for hydroxylation is 1. The molecule has 1 saturated heterocycles. The van der Waals surface area contributed by atoms with Gasteiger partial charge >= 0.3 is 0 Å². The Morgan fingerprint density at radius 3 is 2.62 bits per heavy atom. The maximum absolute atomic E-state index is 4.34. The van der Waals surface area contributed by atoms with Crippen LogP contribution in [0.2, 0.25) is 0 Å². The molecule has 0 bridgehead atoms. The minimum Gasteiger partial charge on any atom is -0.296 e.